The fourth-order valence-electron chi connectivity index (χ4n) is 3.16. The average Bonchev–Trinajstić information content (AvgIpc) is 2.86. The number of esters is 1. The number of hydrogen-bond acceptors (Lipinski definition) is 5. The van der Waals surface area contributed by atoms with Crippen molar-refractivity contribution in [3.8, 4) is 0 Å². The number of nitrogens with zero attached hydrogens (tertiary/aromatic N) is 2. The van der Waals surface area contributed by atoms with Crippen molar-refractivity contribution in [3.63, 3.8) is 0 Å². The van der Waals surface area contributed by atoms with Crippen LogP contribution in [-0.4, -0.2) is 39.0 Å². The van der Waals surface area contributed by atoms with E-state index in [-0.39, 0.29) is 35.8 Å². The number of ether oxygens (including phenoxy) is 1. The van der Waals surface area contributed by atoms with Gasteiger partial charge in [0.25, 0.3) is 0 Å². The van der Waals surface area contributed by atoms with Crippen molar-refractivity contribution in [1.82, 2.24) is 9.55 Å². The number of ketones is 1. The van der Waals surface area contributed by atoms with E-state index in [0.29, 0.717) is 11.1 Å². The molecule has 26 heavy (non-hydrogen) atoms. The van der Waals surface area contributed by atoms with Crippen molar-refractivity contribution in [2.24, 2.45) is 7.05 Å². The monoisotopic (exact) mass is 358 g/mol. The van der Waals surface area contributed by atoms with E-state index in [1.54, 1.807) is 46.1 Å². The first kappa shape index (κ1) is 19.4. The molecule has 0 aliphatic carbocycles. The van der Waals surface area contributed by atoms with E-state index in [1.165, 1.54) is 10.8 Å². The van der Waals surface area contributed by atoms with Crippen molar-refractivity contribution in [2.75, 3.05) is 6.61 Å². The van der Waals surface area contributed by atoms with Gasteiger partial charge < -0.3 is 14.4 Å². The molecular formula is C19H22N2O5. The number of aliphatic carboxylic acids is 1. The average molecular weight is 358 g/mol. The van der Waals surface area contributed by atoms with Gasteiger partial charge in [0, 0.05) is 30.7 Å². The Labute approximate surface area is 151 Å². The SMILES string of the molecule is CCOC(=O)c1c(C)c(C(=O)c2cccnc2)n(C)c1C(CC)C(=O)O. The van der Waals surface area contributed by atoms with E-state index < -0.39 is 17.9 Å². The second-order valence-corrected chi connectivity index (χ2v) is 5.88. The molecule has 138 valence electrons. The number of aromatic nitrogens is 2. The van der Waals surface area contributed by atoms with Gasteiger partial charge in [-0.05, 0) is 38.0 Å². The molecule has 0 aliphatic rings. The third-order valence-electron chi connectivity index (χ3n) is 4.34. The van der Waals surface area contributed by atoms with Gasteiger partial charge in [-0.3, -0.25) is 14.6 Å². The van der Waals surface area contributed by atoms with Gasteiger partial charge in [0.1, 0.15) is 0 Å². The van der Waals surface area contributed by atoms with Crippen LogP contribution in [0.3, 0.4) is 0 Å². The van der Waals surface area contributed by atoms with E-state index in [2.05, 4.69) is 4.98 Å². The summed E-state index contributed by atoms with van der Waals surface area (Å²) >= 11 is 0. The molecule has 0 saturated carbocycles. The standard InChI is InChI=1S/C19H22N2O5/c1-5-13(18(23)24)16-14(19(25)26-6-2)11(3)15(21(16)4)17(22)12-8-7-9-20-10-12/h7-10,13H,5-6H2,1-4H3,(H,23,24). The third-order valence-corrected chi connectivity index (χ3v) is 4.34. The maximum atomic E-state index is 13.0. The van der Waals surface area contributed by atoms with Crippen LogP contribution < -0.4 is 0 Å². The number of hydrogen-bond donors (Lipinski definition) is 1. The summed E-state index contributed by atoms with van der Waals surface area (Å²) in [7, 11) is 1.60. The number of carboxylic acid groups (broad SMARTS) is 1. The normalized spacial score (nSPS) is 11.8. The highest BCUT2D eigenvalue weighted by Gasteiger charge is 2.34. The topological polar surface area (TPSA) is 98.5 Å². The lowest BCUT2D eigenvalue weighted by atomic mass is 9.97. The van der Waals surface area contributed by atoms with Crippen LogP contribution in [0.4, 0.5) is 0 Å². The molecule has 1 N–H and O–H groups in total. The predicted molar refractivity (Wildman–Crippen MR) is 94.4 cm³/mol. The van der Waals surface area contributed by atoms with Crippen molar-refractivity contribution in [2.45, 2.75) is 33.1 Å². The van der Waals surface area contributed by atoms with Crippen molar-refractivity contribution in [1.29, 1.82) is 0 Å². The minimum absolute atomic E-state index is 0.149. The minimum Gasteiger partial charge on any atom is -0.481 e. The zero-order chi connectivity index (χ0) is 19.4. The molecule has 2 rings (SSSR count). The summed E-state index contributed by atoms with van der Waals surface area (Å²) in [6.07, 6.45) is 3.27. The molecule has 2 aromatic heterocycles. The van der Waals surface area contributed by atoms with Crippen LogP contribution in [0.1, 0.15) is 63.9 Å². The Morgan fingerprint density at radius 3 is 2.50 bits per heavy atom. The Morgan fingerprint density at radius 2 is 2.00 bits per heavy atom. The molecule has 0 saturated heterocycles. The second kappa shape index (κ2) is 7.95. The molecule has 7 nitrogen and oxygen atoms in total. The number of rotatable bonds is 7. The van der Waals surface area contributed by atoms with Gasteiger partial charge in [-0.1, -0.05) is 6.92 Å². The molecule has 0 radical (unpaired) electrons. The van der Waals surface area contributed by atoms with Crippen molar-refractivity contribution in [3.05, 3.63) is 52.6 Å². The molecule has 7 heteroatoms. The minimum atomic E-state index is -1.06. The van der Waals surface area contributed by atoms with Gasteiger partial charge in [-0.15, -0.1) is 0 Å². The highest BCUT2D eigenvalue weighted by atomic mass is 16.5. The lowest BCUT2D eigenvalue weighted by molar-refractivity contribution is -0.139. The molecule has 0 amide bonds. The maximum absolute atomic E-state index is 13.0. The van der Waals surface area contributed by atoms with Gasteiger partial charge >= 0.3 is 11.9 Å². The number of carboxylic acids is 1. The zero-order valence-electron chi connectivity index (χ0n) is 15.3. The van der Waals surface area contributed by atoms with Crippen LogP contribution in [0.15, 0.2) is 24.5 Å². The highest BCUT2D eigenvalue weighted by molar-refractivity contribution is 6.11. The third kappa shape index (κ3) is 3.37. The van der Waals surface area contributed by atoms with Gasteiger partial charge in [0.05, 0.1) is 23.8 Å². The molecule has 0 bridgehead atoms. The van der Waals surface area contributed by atoms with Gasteiger partial charge in [0.15, 0.2) is 0 Å². The van der Waals surface area contributed by atoms with E-state index in [1.807, 2.05) is 0 Å². The van der Waals surface area contributed by atoms with E-state index >= 15 is 0 Å². The molecule has 2 aromatic rings. The van der Waals surface area contributed by atoms with E-state index in [0.717, 1.165) is 0 Å². The zero-order valence-corrected chi connectivity index (χ0v) is 15.3. The summed E-state index contributed by atoms with van der Waals surface area (Å²) in [6, 6.07) is 3.27. The molecule has 2 heterocycles. The number of pyridine rings is 1. The lowest BCUT2D eigenvalue weighted by Gasteiger charge is -2.15. The van der Waals surface area contributed by atoms with Crippen LogP contribution in [0.2, 0.25) is 0 Å². The number of carbonyl (C=O) groups excluding carboxylic acids is 2. The van der Waals surface area contributed by atoms with Crippen LogP contribution in [-0.2, 0) is 16.6 Å². The quantitative estimate of drug-likeness (QED) is 0.603. The van der Waals surface area contributed by atoms with Gasteiger partial charge in [-0.25, -0.2) is 4.79 Å². The summed E-state index contributed by atoms with van der Waals surface area (Å²) in [4.78, 5) is 41.1. The molecule has 0 spiro atoms. The van der Waals surface area contributed by atoms with Crippen LogP contribution in [0, 0.1) is 6.92 Å². The molecule has 1 unspecified atom stereocenters. The first-order valence-corrected chi connectivity index (χ1v) is 8.38. The Kier molecular flexibility index (Phi) is 5.92. The summed E-state index contributed by atoms with van der Waals surface area (Å²) in [6.45, 7) is 5.18. The fourth-order valence-corrected chi connectivity index (χ4v) is 3.16. The van der Waals surface area contributed by atoms with Crippen LogP contribution in [0.5, 0.6) is 0 Å². The first-order chi connectivity index (χ1) is 12.3. The Morgan fingerprint density at radius 1 is 1.31 bits per heavy atom. The van der Waals surface area contributed by atoms with E-state index in [4.69, 9.17) is 4.74 Å². The Hall–Kier alpha value is -2.96. The highest BCUT2D eigenvalue weighted by Crippen LogP contribution is 2.32. The Balaban J connectivity index is 2.73. The number of carbonyl (C=O) groups is 3. The molecule has 0 fully saturated rings. The summed E-state index contributed by atoms with van der Waals surface area (Å²) < 4.78 is 6.61. The molecular weight excluding hydrogens is 336 g/mol. The maximum Gasteiger partial charge on any atom is 0.340 e. The van der Waals surface area contributed by atoms with E-state index in [9.17, 15) is 19.5 Å². The summed E-state index contributed by atoms with van der Waals surface area (Å²) in [5, 5.41) is 9.58. The largest absolute Gasteiger partial charge is 0.481 e. The smallest absolute Gasteiger partial charge is 0.340 e. The molecule has 0 aliphatic heterocycles. The summed E-state index contributed by atoms with van der Waals surface area (Å²) in [5.74, 6) is -2.93. The van der Waals surface area contributed by atoms with Crippen molar-refractivity contribution >= 4 is 17.7 Å². The van der Waals surface area contributed by atoms with Crippen LogP contribution >= 0.6 is 0 Å². The second-order valence-electron chi connectivity index (χ2n) is 5.88. The Bertz CT molecular complexity index is 839. The van der Waals surface area contributed by atoms with Crippen molar-refractivity contribution < 1.29 is 24.2 Å². The first-order valence-electron chi connectivity index (χ1n) is 8.38. The van der Waals surface area contributed by atoms with Gasteiger partial charge in [0.2, 0.25) is 5.78 Å². The van der Waals surface area contributed by atoms with Crippen LogP contribution in [0.25, 0.3) is 0 Å². The van der Waals surface area contributed by atoms with Gasteiger partial charge in [-0.2, -0.15) is 0 Å². The molecule has 1 atom stereocenters. The fraction of sp³-hybridized carbons (Fsp3) is 0.368. The molecule has 0 aromatic carbocycles. The summed E-state index contributed by atoms with van der Waals surface area (Å²) in [5.41, 5.74) is 1.46. The predicted octanol–water partition coefficient (Wildman–Crippen LogP) is 2.71. The lowest BCUT2D eigenvalue weighted by Crippen LogP contribution is -2.19.